The second kappa shape index (κ2) is 4.76. The van der Waals surface area contributed by atoms with Gasteiger partial charge in [-0.05, 0) is 31.5 Å². The predicted molar refractivity (Wildman–Crippen MR) is 78.2 cm³/mol. The lowest BCUT2D eigenvalue weighted by molar-refractivity contribution is 0.823. The van der Waals surface area contributed by atoms with Gasteiger partial charge >= 0.3 is 0 Å². The monoisotopic (exact) mass is 275 g/mol. The number of thiophene rings is 1. The molecular weight excluding hydrogens is 262 g/mol. The molecule has 3 rings (SSSR count). The first-order valence-electron chi connectivity index (χ1n) is 5.72. The van der Waals surface area contributed by atoms with Gasteiger partial charge in [0.15, 0.2) is 0 Å². The maximum Gasteiger partial charge on any atom is 0.125 e. The molecule has 92 valence electrons. The van der Waals surface area contributed by atoms with E-state index in [9.17, 15) is 0 Å². The molecule has 0 spiro atoms. The third-order valence-corrected chi connectivity index (χ3v) is 4.84. The molecular formula is C13H13N3S2. The summed E-state index contributed by atoms with van der Waals surface area (Å²) >= 11 is 3.46. The van der Waals surface area contributed by atoms with Crippen LogP contribution in [-0.4, -0.2) is 17.0 Å². The lowest BCUT2D eigenvalue weighted by atomic mass is 10.3. The third kappa shape index (κ3) is 2.05. The van der Waals surface area contributed by atoms with Gasteiger partial charge in [-0.2, -0.15) is 0 Å². The molecule has 18 heavy (non-hydrogen) atoms. The fourth-order valence-electron chi connectivity index (χ4n) is 1.84. The number of aromatic nitrogens is 2. The number of nitrogens with zero attached hydrogens (tertiary/aromatic N) is 2. The minimum absolute atomic E-state index is 0.873. The van der Waals surface area contributed by atoms with Crippen molar-refractivity contribution in [1.29, 1.82) is 0 Å². The van der Waals surface area contributed by atoms with Crippen molar-refractivity contribution >= 4 is 32.9 Å². The van der Waals surface area contributed by atoms with Crippen molar-refractivity contribution in [3.63, 3.8) is 0 Å². The average molecular weight is 275 g/mol. The Morgan fingerprint density at radius 3 is 3.11 bits per heavy atom. The summed E-state index contributed by atoms with van der Waals surface area (Å²) in [6.45, 7) is 2.93. The first-order valence-corrected chi connectivity index (χ1v) is 7.42. The quantitative estimate of drug-likeness (QED) is 0.795. The van der Waals surface area contributed by atoms with Crippen molar-refractivity contribution in [2.24, 2.45) is 0 Å². The van der Waals surface area contributed by atoms with Gasteiger partial charge in [0.25, 0.3) is 0 Å². The summed E-state index contributed by atoms with van der Waals surface area (Å²) < 4.78 is 1.22. The molecule has 3 heterocycles. The number of fused-ring (bicyclic) bond motifs is 1. The SMILES string of the molecule is CNCc1sc(-c2cnc3ccsc3c2)nc1C. The topological polar surface area (TPSA) is 37.8 Å². The van der Waals surface area contributed by atoms with E-state index in [1.165, 1.54) is 9.58 Å². The van der Waals surface area contributed by atoms with Crippen molar-refractivity contribution in [3.8, 4) is 10.6 Å². The van der Waals surface area contributed by atoms with Crippen molar-refractivity contribution in [2.45, 2.75) is 13.5 Å². The van der Waals surface area contributed by atoms with Gasteiger partial charge in [-0.25, -0.2) is 4.98 Å². The molecule has 0 fully saturated rings. The third-order valence-electron chi connectivity index (χ3n) is 2.78. The Morgan fingerprint density at radius 2 is 2.28 bits per heavy atom. The Labute approximate surface area is 114 Å². The van der Waals surface area contributed by atoms with Gasteiger partial charge in [-0.1, -0.05) is 0 Å². The number of rotatable bonds is 3. The van der Waals surface area contributed by atoms with Crippen LogP contribution in [0.2, 0.25) is 0 Å². The Morgan fingerprint density at radius 1 is 1.39 bits per heavy atom. The van der Waals surface area contributed by atoms with Crippen LogP contribution in [0, 0.1) is 6.92 Å². The molecule has 0 amide bonds. The van der Waals surface area contributed by atoms with Crippen LogP contribution in [0.15, 0.2) is 23.7 Å². The van der Waals surface area contributed by atoms with Crippen LogP contribution in [0.1, 0.15) is 10.6 Å². The second-order valence-electron chi connectivity index (χ2n) is 4.09. The Hall–Kier alpha value is -1.30. The highest BCUT2D eigenvalue weighted by Crippen LogP contribution is 2.30. The fraction of sp³-hybridized carbons (Fsp3) is 0.231. The summed E-state index contributed by atoms with van der Waals surface area (Å²) in [4.78, 5) is 10.4. The largest absolute Gasteiger partial charge is 0.315 e. The van der Waals surface area contributed by atoms with Crippen LogP contribution in [0.3, 0.4) is 0 Å². The number of pyridine rings is 1. The zero-order chi connectivity index (χ0) is 12.5. The Bertz CT molecular complexity index is 684. The van der Waals surface area contributed by atoms with Gasteiger partial charge in [0.2, 0.25) is 0 Å². The smallest absolute Gasteiger partial charge is 0.125 e. The second-order valence-corrected chi connectivity index (χ2v) is 6.12. The number of hydrogen-bond acceptors (Lipinski definition) is 5. The Balaban J connectivity index is 2.05. The number of hydrogen-bond donors (Lipinski definition) is 1. The molecule has 3 aromatic heterocycles. The van der Waals surface area contributed by atoms with E-state index >= 15 is 0 Å². The summed E-state index contributed by atoms with van der Waals surface area (Å²) in [6, 6.07) is 4.22. The molecule has 0 saturated carbocycles. The van der Waals surface area contributed by atoms with E-state index in [0.717, 1.165) is 28.3 Å². The van der Waals surface area contributed by atoms with Gasteiger partial charge in [-0.3, -0.25) is 4.98 Å². The summed E-state index contributed by atoms with van der Waals surface area (Å²) in [7, 11) is 1.96. The van der Waals surface area contributed by atoms with Crippen molar-refractivity contribution in [2.75, 3.05) is 7.05 Å². The highest BCUT2D eigenvalue weighted by molar-refractivity contribution is 7.17. The number of thiazole rings is 1. The van der Waals surface area contributed by atoms with Gasteiger partial charge < -0.3 is 5.32 Å². The standard InChI is InChI=1S/C13H13N3S2/c1-8-12(7-14-2)18-13(16-8)9-5-11-10(15-6-9)3-4-17-11/h3-6,14H,7H2,1-2H3. The number of nitrogens with one attached hydrogen (secondary N) is 1. The molecule has 5 heteroatoms. The zero-order valence-electron chi connectivity index (χ0n) is 10.2. The molecule has 0 aromatic carbocycles. The van der Waals surface area contributed by atoms with Crippen LogP contribution < -0.4 is 5.32 Å². The molecule has 0 radical (unpaired) electrons. The first-order chi connectivity index (χ1) is 8.78. The van der Waals surface area contributed by atoms with Crippen LogP contribution in [0.5, 0.6) is 0 Å². The van der Waals surface area contributed by atoms with E-state index in [-0.39, 0.29) is 0 Å². The van der Waals surface area contributed by atoms with Crippen molar-refractivity contribution in [3.05, 3.63) is 34.3 Å². The summed E-state index contributed by atoms with van der Waals surface area (Å²) in [5, 5.41) is 6.30. The van der Waals surface area contributed by atoms with Crippen LogP contribution in [0.25, 0.3) is 20.8 Å². The van der Waals surface area contributed by atoms with Gasteiger partial charge in [0, 0.05) is 23.2 Å². The fourth-order valence-corrected chi connectivity index (χ4v) is 3.67. The first kappa shape index (κ1) is 11.8. The maximum atomic E-state index is 4.63. The summed E-state index contributed by atoms with van der Waals surface area (Å²) in [5.41, 5.74) is 3.28. The molecule has 3 aromatic rings. The molecule has 3 nitrogen and oxygen atoms in total. The summed E-state index contributed by atoms with van der Waals surface area (Å²) in [6.07, 6.45) is 1.91. The van der Waals surface area contributed by atoms with Gasteiger partial charge in [0.05, 0.1) is 15.9 Å². The van der Waals surface area contributed by atoms with E-state index in [1.807, 2.05) is 19.3 Å². The zero-order valence-corrected chi connectivity index (χ0v) is 11.9. The van der Waals surface area contributed by atoms with Crippen LogP contribution in [0.4, 0.5) is 0 Å². The normalized spacial score (nSPS) is 11.2. The van der Waals surface area contributed by atoms with Gasteiger partial charge in [0.1, 0.15) is 5.01 Å². The number of aryl methyl sites for hydroxylation is 1. The minimum Gasteiger partial charge on any atom is -0.315 e. The molecule has 0 aliphatic rings. The molecule has 0 atom stereocenters. The molecule has 0 aliphatic heterocycles. The van der Waals surface area contributed by atoms with Crippen molar-refractivity contribution < 1.29 is 0 Å². The minimum atomic E-state index is 0.873. The van der Waals surface area contributed by atoms with E-state index in [4.69, 9.17) is 0 Å². The lowest BCUT2D eigenvalue weighted by Crippen LogP contribution is -2.04. The predicted octanol–water partition coefficient (Wildman–Crippen LogP) is 3.45. The van der Waals surface area contributed by atoms with E-state index < -0.39 is 0 Å². The van der Waals surface area contributed by atoms with Gasteiger partial charge in [-0.15, -0.1) is 22.7 Å². The van der Waals surface area contributed by atoms with E-state index in [0.29, 0.717) is 0 Å². The Kier molecular flexibility index (Phi) is 3.11. The summed E-state index contributed by atoms with van der Waals surface area (Å²) in [5.74, 6) is 0. The van der Waals surface area contributed by atoms with E-state index in [1.54, 1.807) is 22.7 Å². The molecule has 0 bridgehead atoms. The molecule has 0 unspecified atom stereocenters. The van der Waals surface area contributed by atoms with E-state index in [2.05, 4.69) is 33.7 Å². The maximum absolute atomic E-state index is 4.63. The highest BCUT2D eigenvalue weighted by atomic mass is 32.1. The average Bonchev–Trinajstić information content (AvgIpc) is 2.96. The van der Waals surface area contributed by atoms with Crippen LogP contribution in [-0.2, 0) is 6.54 Å². The molecule has 1 N–H and O–H groups in total. The highest BCUT2D eigenvalue weighted by Gasteiger charge is 2.10. The van der Waals surface area contributed by atoms with Crippen molar-refractivity contribution in [1.82, 2.24) is 15.3 Å². The van der Waals surface area contributed by atoms with Crippen LogP contribution >= 0.6 is 22.7 Å². The lowest BCUT2D eigenvalue weighted by Gasteiger charge is -1.95. The molecule has 0 saturated heterocycles. The molecule has 0 aliphatic carbocycles.